The molecule has 0 bridgehead atoms. The van der Waals surface area contributed by atoms with E-state index in [4.69, 9.17) is 9.84 Å². The fourth-order valence-electron chi connectivity index (χ4n) is 4.54. The van der Waals surface area contributed by atoms with Gasteiger partial charge in [-0.25, -0.2) is 4.79 Å². The van der Waals surface area contributed by atoms with Gasteiger partial charge in [0.15, 0.2) is 5.78 Å². The molecule has 0 radical (unpaired) electrons. The lowest BCUT2D eigenvalue weighted by atomic mass is 9.77. The second-order valence-electron chi connectivity index (χ2n) is 8.27. The fraction of sp³-hybridized carbons (Fsp3) is 0.542. The first-order valence-corrected chi connectivity index (χ1v) is 10.8. The van der Waals surface area contributed by atoms with Crippen LogP contribution in [0.2, 0.25) is 0 Å². The summed E-state index contributed by atoms with van der Waals surface area (Å²) in [5, 5.41) is 8.79. The van der Waals surface area contributed by atoms with Crippen LogP contribution in [0.25, 0.3) is 6.08 Å². The number of hydrogen-bond acceptors (Lipinski definition) is 4. The molecule has 1 N–H and O–H groups in total. The average molecular weight is 398 g/mol. The molecule has 0 saturated heterocycles. The van der Waals surface area contributed by atoms with Crippen molar-refractivity contribution in [1.82, 2.24) is 0 Å². The number of hydrogen-bond donors (Lipinski definition) is 1. The Kier molecular flexibility index (Phi) is 7.62. The molecule has 0 aliphatic heterocycles. The van der Waals surface area contributed by atoms with E-state index >= 15 is 0 Å². The van der Waals surface area contributed by atoms with E-state index in [-0.39, 0.29) is 36.1 Å². The number of rotatable bonds is 8. The highest BCUT2D eigenvalue weighted by Gasteiger charge is 2.34. The third-order valence-corrected chi connectivity index (χ3v) is 6.14. The summed E-state index contributed by atoms with van der Waals surface area (Å²) in [4.78, 5) is 36.7. The smallest absolute Gasteiger partial charge is 0.328 e. The highest BCUT2D eigenvalue weighted by molar-refractivity contribution is 5.98. The third-order valence-electron chi connectivity index (χ3n) is 6.14. The topological polar surface area (TPSA) is 80.7 Å². The normalized spacial score (nSPS) is 19.3. The summed E-state index contributed by atoms with van der Waals surface area (Å²) in [6, 6.07) is 6.90. The number of Topliss-reactive ketones (excluding diaryl/α,β-unsaturated/α-hetero) is 1. The first-order valence-electron chi connectivity index (χ1n) is 10.8. The molecule has 2 aliphatic carbocycles. The maximum atomic E-state index is 13.0. The van der Waals surface area contributed by atoms with Gasteiger partial charge in [-0.1, -0.05) is 37.5 Å². The van der Waals surface area contributed by atoms with Crippen LogP contribution in [0, 0.1) is 11.8 Å². The summed E-state index contributed by atoms with van der Waals surface area (Å²) in [7, 11) is 0. The van der Waals surface area contributed by atoms with Crippen LogP contribution < -0.4 is 0 Å². The number of carboxylic acids is 1. The number of esters is 1. The standard InChI is InChI=1S/C24H30O5/c25-22(19-10-6-7-17(15-19)13-14-23(26)27)16-21(18-8-2-1-3-9-18)24(28)29-20-11-4-5-12-20/h6-7,10,13-15,18,20-21H,1-5,8-9,11-12,16H2,(H,26,27)/b14-13+/t21-/m0/s1. The fourth-order valence-corrected chi connectivity index (χ4v) is 4.54. The molecule has 29 heavy (non-hydrogen) atoms. The van der Waals surface area contributed by atoms with Gasteiger partial charge in [-0.05, 0) is 62.1 Å². The van der Waals surface area contributed by atoms with Crippen molar-refractivity contribution in [2.45, 2.75) is 70.3 Å². The monoisotopic (exact) mass is 398 g/mol. The van der Waals surface area contributed by atoms with Crippen LogP contribution in [0.3, 0.4) is 0 Å². The number of carbonyl (C=O) groups is 3. The molecule has 1 aromatic carbocycles. The predicted molar refractivity (Wildman–Crippen MR) is 110 cm³/mol. The summed E-state index contributed by atoms with van der Waals surface area (Å²) < 4.78 is 5.78. The molecule has 5 nitrogen and oxygen atoms in total. The molecule has 5 heteroatoms. The van der Waals surface area contributed by atoms with Crippen molar-refractivity contribution in [3.05, 3.63) is 41.5 Å². The zero-order chi connectivity index (χ0) is 20.6. The third kappa shape index (κ3) is 6.28. The highest BCUT2D eigenvalue weighted by atomic mass is 16.5. The number of ether oxygens (including phenoxy) is 1. The molecule has 1 aromatic rings. The molecule has 0 unspecified atom stereocenters. The van der Waals surface area contributed by atoms with Crippen LogP contribution >= 0.6 is 0 Å². The Hall–Kier alpha value is -2.43. The molecule has 156 valence electrons. The zero-order valence-corrected chi connectivity index (χ0v) is 16.8. The van der Waals surface area contributed by atoms with E-state index in [1.807, 2.05) is 0 Å². The van der Waals surface area contributed by atoms with Crippen LogP contribution in [0.4, 0.5) is 0 Å². The lowest BCUT2D eigenvalue weighted by Crippen LogP contribution is -2.31. The summed E-state index contributed by atoms with van der Waals surface area (Å²) in [6.07, 6.45) is 12.1. The van der Waals surface area contributed by atoms with Gasteiger partial charge >= 0.3 is 11.9 Å². The molecule has 2 fully saturated rings. The van der Waals surface area contributed by atoms with Gasteiger partial charge in [-0.2, -0.15) is 0 Å². The van der Waals surface area contributed by atoms with Crippen LogP contribution in [0.5, 0.6) is 0 Å². The highest BCUT2D eigenvalue weighted by Crippen LogP contribution is 2.34. The van der Waals surface area contributed by atoms with E-state index < -0.39 is 5.97 Å². The van der Waals surface area contributed by atoms with Gasteiger partial charge in [-0.15, -0.1) is 0 Å². The summed E-state index contributed by atoms with van der Waals surface area (Å²) in [5.41, 5.74) is 1.16. The maximum Gasteiger partial charge on any atom is 0.328 e. The van der Waals surface area contributed by atoms with Crippen molar-refractivity contribution >= 4 is 23.8 Å². The quantitative estimate of drug-likeness (QED) is 0.377. The Labute approximate surface area is 172 Å². The van der Waals surface area contributed by atoms with Crippen molar-refractivity contribution in [3.8, 4) is 0 Å². The Morgan fingerprint density at radius 1 is 1.03 bits per heavy atom. The van der Waals surface area contributed by atoms with Gasteiger partial charge in [0, 0.05) is 18.1 Å². The van der Waals surface area contributed by atoms with Gasteiger partial charge < -0.3 is 9.84 Å². The second kappa shape index (κ2) is 10.4. The summed E-state index contributed by atoms with van der Waals surface area (Å²) in [6.45, 7) is 0. The molecular weight excluding hydrogens is 368 g/mol. The summed E-state index contributed by atoms with van der Waals surface area (Å²) in [5.74, 6) is -1.51. The van der Waals surface area contributed by atoms with Crippen molar-refractivity contribution in [1.29, 1.82) is 0 Å². The van der Waals surface area contributed by atoms with Gasteiger partial charge in [0.2, 0.25) is 0 Å². The molecule has 2 aliphatic rings. The molecule has 0 aromatic heterocycles. The molecule has 0 amide bonds. The molecule has 0 spiro atoms. The Morgan fingerprint density at radius 2 is 1.72 bits per heavy atom. The summed E-state index contributed by atoms with van der Waals surface area (Å²) >= 11 is 0. The van der Waals surface area contributed by atoms with Crippen LogP contribution in [-0.2, 0) is 14.3 Å². The maximum absolute atomic E-state index is 13.0. The van der Waals surface area contributed by atoms with E-state index in [0.717, 1.165) is 57.4 Å². The Morgan fingerprint density at radius 3 is 2.41 bits per heavy atom. The number of ketones is 1. The molecular formula is C24H30O5. The van der Waals surface area contributed by atoms with E-state index in [1.165, 1.54) is 12.5 Å². The first kappa shape index (κ1) is 21.3. The predicted octanol–water partition coefficient (Wildman–Crippen LogP) is 5.04. The second-order valence-corrected chi connectivity index (χ2v) is 8.27. The van der Waals surface area contributed by atoms with Crippen molar-refractivity contribution in [2.75, 3.05) is 0 Å². The molecule has 3 rings (SSSR count). The van der Waals surface area contributed by atoms with E-state index in [1.54, 1.807) is 24.3 Å². The molecule has 0 heterocycles. The van der Waals surface area contributed by atoms with Crippen LogP contribution in [0.15, 0.2) is 30.3 Å². The molecule has 1 atom stereocenters. The minimum atomic E-state index is -1.03. The van der Waals surface area contributed by atoms with Crippen molar-refractivity contribution < 1.29 is 24.2 Å². The first-order chi connectivity index (χ1) is 14.0. The van der Waals surface area contributed by atoms with Gasteiger partial charge in [0.1, 0.15) is 6.10 Å². The Balaban J connectivity index is 1.72. The minimum absolute atomic E-state index is 0.00757. The minimum Gasteiger partial charge on any atom is -0.478 e. The number of carboxylic acid groups (broad SMARTS) is 1. The van der Waals surface area contributed by atoms with Gasteiger partial charge in [-0.3, -0.25) is 9.59 Å². The zero-order valence-electron chi connectivity index (χ0n) is 16.8. The SMILES string of the molecule is O=C(O)/C=C/c1cccc(C(=O)C[C@H](C(=O)OC2CCCC2)C2CCCCC2)c1. The van der Waals surface area contributed by atoms with Crippen LogP contribution in [-0.4, -0.2) is 28.9 Å². The van der Waals surface area contributed by atoms with E-state index in [2.05, 4.69) is 0 Å². The average Bonchev–Trinajstić information content (AvgIpc) is 3.24. The number of aliphatic carboxylic acids is 1. The van der Waals surface area contributed by atoms with E-state index in [0.29, 0.717) is 11.1 Å². The molecule has 2 saturated carbocycles. The van der Waals surface area contributed by atoms with Gasteiger partial charge in [0.25, 0.3) is 0 Å². The number of carbonyl (C=O) groups excluding carboxylic acids is 2. The number of benzene rings is 1. The van der Waals surface area contributed by atoms with Gasteiger partial charge in [0.05, 0.1) is 5.92 Å². The largest absolute Gasteiger partial charge is 0.478 e. The van der Waals surface area contributed by atoms with E-state index in [9.17, 15) is 14.4 Å². The Bertz CT molecular complexity index is 754. The van der Waals surface area contributed by atoms with Crippen molar-refractivity contribution in [3.63, 3.8) is 0 Å². The lowest BCUT2D eigenvalue weighted by molar-refractivity contribution is -0.156. The van der Waals surface area contributed by atoms with Crippen molar-refractivity contribution in [2.24, 2.45) is 11.8 Å². The van der Waals surface area contributed by atoms with Crippen LogP contribution in [0.1, 0.15) is 80.1 Å². The lowest BCUT2D eigenvalue weighted by Gasteiger charge is -2.29.